The number of unbranched alkanes of at least 4 members (excludes halogenated alkanes) is 11. The van der Waals surface area contributed by atoms with Crippen molar-refractivity contribution in [2.75, 3.05) is 47.5 Å². The van der Waals surface area contributed by atoms with Crippen LogP contribution < -0.4 is 4.89 Å². The van der Waals surface area contributed by atoms with Crippen LogP contribution in [0.15, 0.2) is 134 Å². The first-order valence-corrected chi connectivity index (χ1v) is 28.4. The maximum absolute atomic E-state index is 12.8. The van der Waals surface area contributed by atoms with E-state index in [0.717, 1.165) is 135 Å². The second kappa shape index (κ2) is 50.1. The first-order chi connectivity index (χ1) is 34.0. The molecule has 0 rings (SSSR count). The topological polar surface area (TPSA) is 111 Å². The van der Waals surface area contributed by atoms with E-state index in [1.165, 1.54) is 6.42 Å². The van der Waals surface area contributed by atoms with Crippen molar-refractivity contribution < 1.29 is 42.1 Å². The summed E-state index contributed by atoms with van der Waals surface area (Å²) in [5.41, 5.74) is 0. The minimum atomic E-state index is -4.65. The molecule has 0 fully saturated rings. The molecule has 0 aromatic heterocycles. The maximum Gasteiger partial charge on any atom is 0.306 e. The van der Waals surface area contributed by atoms with E-state index < -0.39 is 32.5 Å². The number of carbonyl (C=O) groups is 2. The van der Waals surface area contributed by atoms with Crippen LogP contribution in [0, 0.1) is 0 Å². The number of allylic oxidation sites excluding steroid dienone is 22. The molecule has 396 valence electrons. The van der Waals surface area contributed by atoms with Crippen LogP contribution >= 0.6 is 7.82 Å². The van der Waals surface area contributed by atoms with Crippen LogP contribution in [0.3, 0.4) is 0 Å². The molecule has 9 nitrogen and oxygen atoms in total. The van der Waals surface area contributed by atoms with Crippen LogP contribution in [-0.2, 0) is 32.7 Å². The summed E-state index contributed by atoms with van der Waals surface area (Å²) in [5, 5.41) is 0. The number of nitrogens with zero attached hydrogens (tertiary/aromatic N) is 1. The fraction of sp³-hybridized carbons (Fsp3) is 0.600. The Labute approximate surface area is 428 Å². The summed E-state index contributed by atoms with van der Waals surface area (Å²) >= 11 is 0. The quantitative estimate of drug-likeness (QED) is 0.0195. The number of carbonyl (C=O) groups excluding carboxylic acids is 2. The molecule has 2 unspecified atom stereocenters. The molecule has 0 bridgehead atoms. The van der Waals surface area contributed by atoms with Crippen LogP contribution in [0.1, 0.15) is 181 Å². The van der Waals surface area contributed by atoms with Gasteiger partial charge < -0.3 is 27.9 Å². The van der Waals surface area contributed by atoms with Gasteiger partial charge >= 0.3 is 11.9 Å². The Morgan fingerprint density at radius 2 is 0.814 bits per heavy atom. The van der Waals surface area contributed by atoms with Crippen molar-refractivity contribution in [3.63, 3.8) is 0 Å². The highest BCUT2D eigenvalue weighted by Crippen LogP contribution is 2.38. The third-order valence-electron chi connectivity index (χ3n) is 10.6. The van der Waals surface area contributed by atoms with Crippen LogP contribution in [0.4, 0.5) is 0 Å². The summed E-state index contributed by atoms with van der Waals surface area (Å²) in [7, 11) is 1.12. The SMILES string of the molecule is CC/C=C\C/C=C\C/C=C\C/C=C\C/C=C\C/C=C\C/C=C\C/C=C\C/C=C\CCCCCCCC(=O)OC(COC(=O)CCCCCCC/C=C\C/C=C\CCC)COP(=O)([O-])OCC[N+](C)(C)C. The van der Waals surface area contributed by atoms with Gasteiger partial charge in [-0.05, 0) is 109 Å². The van der Waals surface area contributed by atoms with Gasteiger partial charge in [-0.1, -0.05) is 192 Å². The third-order valence-corrected chi connectivity index (χ3v) is 11.6. The zero-order valence-electron chi connectivity index (χ0n) is 44.7. The Hall–Kier alpha value is -3.85. The van der Waals surface area contributed by atoms with Gasteiger partial charge in [-0.25, -0.2) is 0 Å². The van der Waals surface area contributed by atoms with E-state index >= 15 is 0 Å². The van der Waals surface area contributed by atoms with Crippen molar-refractivity contribution >= 4 is 19.8 Å². The summed E-state index contributed by atoms with van der Waals surface area (Å²) in [6.45, 7) is 3.98. The normalized spacial score (nSPS) is 14.4. The lowest BCUT2D eigenvalue weighted by molar-refractivity contribution is -0.870. The van der Waals surface area contributed by atoms with E-state index in [-0.39, 0.29) is 26.1 Å². The fourth-order valence-corrected chi connectivity index (χ4v) is 7.24. The number of quaternary nitrogens is 1. The van der Waals surface area contributed by atoms with Crippen LogP contribution in [0.2, 0.25) is 0 Å². The smallest absolute Gasteiger partial charge is 0.306 e. The Balaban J connectivity index is 4.26. The first-order valence-electron chi connectivity index (χ1n) is 26.9. The van der Waals surface area contributed by atoms with E-state index in [9.17, 15) is 19.0 Å². The number of ether oxygens (including phenoxy) is 2. The standard InChI is InChI=1S/C60H98NO8P/c1-6-8-10-12-14-16-18-20-21-22-23-24-25-26-27-28-29-30-31-32-33-34-35-36-37-38-39-41-43-45-47-49-51-53-60(63)69-58(57-68-70(64,65)67-55-54-61(3,4)5)56-66-59(62)52-50-48-46-44-42-40-19-17-15-13-11-9-7-2/h8,10-11,13-14,16-17,19-21,23-24,26-27,29-30,32-33,35-36,38-39,58H,6-7,9,12,15,18,22,25,28,31,34,37,40-57H2,1-5H3/b10-8-,13-11-,16-14-,19-17-,21-20-,24-23-,27-26-,30-29-,33-32-,36-35-,39-38-. The Morgan fingerprint density at radius 1 is 0.457 bits per heavy atom. The van der Waals surface area contributed by atoms with Gasteiger partial charge in [0.15, 0.2) is 6.10 Å². The second-order valence-corrected chi connectivity index (χ2v) is 19.9. The average Bonchev–Trinajstić information content (AvgIpc) is 3.32. The number of phosphoric acid groups is 1. The number of likely N-dealkylation sites (N-methyl/N-ethyl adjacent to an activating group) is 1. The number of esters is 2. The summed E-state index contributed by atoms with van der Waals surface area (Å²) < 4.78 is 34.0. The van der Waals surface area contributed by atoms with Gasteiger partial charge in [-0.2, -0.15) is 0 Å². The Kier molecular flexibility index (Phi) is 47.3. The van der Waals surface area contributed by atoms with Crippen molar-refractivity contribution in [3.05, 3.63) is 134 Å². The lowest BCUT2D eigenvalue weighted by atomic mass is 10.1. The van der Waals surface area contributed by atoms with Gasteiger partial charge in [-0.3, -0.25) is 14.2 Å². The van der Waals surface area contributed by atoms with Gasteiger partial charge in [0.1, 0.15) is 19.8 Å². The van der Waals surface area contributed by atoms with Crippen LogP contribution in [0.5, 0.6) is 0 Å². The molecular formula is C60H98NO8P. The molecule has 0 amide bonds. The maximum atomic E-state index is 12.8. The zero-order chi connectivity index (χ0) is 51.3. The molecule has 0 saturated carbocycles. The third kappa shape index (κ3) is 53.5. The van der Waals surface area contributed by atoms with E-state index in [2.05, 4.69) is 148 Å². The lowest BCUT2D eigenvalue weighted by Crippen LogP contribution is -2.37. The Bertz CT molecular complexity index is 1640. The minimum absolute atomic E-state index is 0.0451. The number of phosphoric ester groups is 1. The highest BCUT2D eigenvalue weighted by molar-refractivity contribution is 7.45. The lowest BCUT2D eigenvalue weighted by Gasteiger charge is -2.28. The van der Waals surface area contributed by atoms with Crippen molar-refractivity contribution in [1.29, 1.82) is 0 Å². The average molecular weight is 992 g/mol. The predicted octanol–water partition coefficient (Wildman–Crippen LogP) is 15.9. The second-order valence-electron chi connectivity index (χ2n) is 18.5. The van der Waals surface area contributed by atoms with Gasteiger partial charge in [-0.15, -0.1) is 0 Å². The molecule has 0 spiro atoms. The van der Waals surface area contributed by atoms with Gasteiger partial charge in [0.25, 0.3) is 7.82 Å². The molecule has 0 radical (unpaired) electrons. The molecule has 0 aliphatic heterocycles. The van der Waals surface area contributed by atoms with Crippen molar-refractivity contribution in [2.24, 2.45) is 0 Å². The number of hydrogen-bond donors (Lipinski definition) is 0. The molecule has 0 saturated heterocycles. The minimum Gasteiger partial charge on any atom is -0.756 e. The van der Waals surface area contributed by atoms with Gasteiger partial charge in [0, 0.05) is 12.8 Å². The molecule has 0 aliphatic rings. The number of rotatable bonds is 47. The zero-order valence-corrected chi connectivity index (χ0v) is 45.5. The van der Waals surface area contributed by atoms with Gasteiger partial charge in [0.05, 0.1) is 27.7 Å². The molecule has 0 heterocycles. The fourth-order valence-electron chi connectivity index (χ4n) is 6.51. The van der Waals surface area contributed by atoms with Crippen LogP contribution in [-0.4, -0.2) is 70.0 Å². The summed E-state index contributed by atoms with van der Waals surface area (Å²) in [4.78, 5) is 37.7. The molecule has 0 aromatic carbocycles. The molecule has 0 N–H and O–H groups in total. The first kappa shape index (κ1) is 66.2. The van der Waals surface area contributed by atoms with Crippen LogP contribution in [0.25, 0.3) is 0 Å². The molecule has 10 heteroatoms. The molecule has 2 atom stereocenters. The summed E-state index contributed by atoms with van der Waals surface area (Å²) in [6, 6.07) is 0. The van der Waals surface area contributed by atoms with E-state index in [1.807, 2.05) is 21.1 Å². The monoisotopic (exact) mass is 992 g/mol. The highest BCUT2D eigenvalue weighted by atomic mass is 31.2. The number of hydrogen-bond acceptors (Lipinski definition) is 8. The van der Waals surface area contributed by atoms with Crippen molar-refractivity contribution in [2.45, 2.75) is 187 Å². The van der Waals surface area contributed by atoms with E-state index in [1.54, 1.807) is 0 Å². The molecule has 0 aromatic rings. The summed E-state index contributed by atoms with van der Waals surface area (Å²) in [6.07, 6.45) is 72.1. The molecular weight excluding hydrogens is 894 g/mol. The molecule has 0 aliphatic carbocycles. The van der Waals surface area contributed by atoms with E-state index in [0.29, 0.717) is 23.9 Å². The van der Waals surface area contributed by atoms with Crippen molar-refractivity contribution in [3.8, 4) is 0 Å². The summed E-state index contributed by atoms with van der Waals surface area (Å²) in [5.74, 6) is -0.886. The Morgan fingerprint density at radius 3 is 1.21 bits per heavy atom. The molecule has 70 heavy (non-hydrogen) atoms. The predicted molar refractivity (Wildman–Crippen MR) is 295 cm³/mol. The largest absolute Gasteiger partial charge is 0.756 e. The van der Waals surface area contributed by atoms with E-state index in [4.69, 9.17) is 18.5 Å². The van der Waals surface area contributed by atoms with Gasteiger partial charge in [0.2, 0.25) is 0 Å². The highest BCUT2D eigenvalue weighted by Gasteiger charge is 2.21. The van der Waals surface area contributed by atoms with Crippen molar-refractivity contribution in [1.82, 2.24) is 0 Å².